The molecule has 1 saturated heterocycles. The molecular weight excluding hydrogens is 410 g/mol. The third-order valence-corrected chi connectivity index (χ3v) is 5.59. The number of rotatable bonds is 6. The maximum absolute atomic E-state index is 12.7. The highest BCUT2D eigenvalue weighted by molar-refractivity contribution is 5.97. The average molecular weight is 437 g/mol. The summed E-state index contributed by atoms with van der Waals surface area (Å²) in [4.78, 5) is 50.5. The zero-order valence-corrected chi connectivity index (χ0v) is 18.2. The molecule has 0 saturated carbocycles. The van der Waals surface area contributed by atoms with Crippen molar-refractivity contribution < 1.29 is 23.9 Å². The van der Waals surface area contributed by atoms with Gasteiger partial charge in [0.25, 0.3) is 11.8 Å². The van der Waals surface area contributed by atoms with Gasteiger partial charge in [-0.2, -0.15) is 0 Å². The topological polar surface area (TPSA) is 119 Å². The first kappa shape index (κ1) is 23.0. The van der Waals surface area contributed by atoms with Gasteiger partial charge < -0.3 is 20.7 Å². The van der Waals surface area contributed by atoms with Crippen LogP contribution in [0.3, 0.4) is 0 Å². The summed E-state index contributed by atoms with van der Waals surface area (Å²) in [5.74, 6) is -1.88. The van der Waals surface area contributed by atoms with Crippen LogP contribution in [-0.2, 0) is 14.3 Å². The first-order valence-electron chi connectivity index (χ1n) is 10.5. The number of nitrogens with two attached hydrogens (primary N) is 1. The summed E-state index contributed by atoms with van der Waals surface area (Å²) >= 11 is 0. The van der Waals surface area contributed by atoms with Gasteiger partial charge in [-0.3, -0.25) is 19.2 Å². The Labute approximate surface area is 186 Å². The molecule has 1 fully saturated rings. The molecule has 32 heavy (non-hydrogen) atoms. The molecule has 0 bridgehead atoms. The summed E-state index contributed by atoms with van der Waals surface area (Å²) < 4.78 is 5.36. The fraction of sp³-hybridized carbons (Fsp3) is 0.333. The number of likely N-dealkylation sites (tertiary alicyclic amines) is 1. The Morgan fingerprint density at radius 1 is 1.03 bits per heavy atom. The zero-order valence-electron chi connectivity index (χ0n) is 18.2. The zero-order chi connectivity index (χ0) is 23.3. The minimum Gasteiger partial charge on any atom is -0.452 e. The van der Waals surface area contributed by atoms with E-state index in [-0.39, 0.29) is 11.8 Å². The Morgan fingerprint density at radius 3 is 2.25 bits per heavy atom. The van der Waals surface area contributed by atoms with E-state index in [4.69, 9.17) is 10.5 Å². The highest BCUT2D eigenvalue weighted by Gasteiger charge is 2.31. The number of primary amides is 1. The van der Waals surface area contributed by atoms with Crippen molar-refractivity contribution >= 4 is 29.4 Å². The third kappa shape index (κ3) is 5.51. The summed E-state index contributed by atoms with van der Waals surface area (Å²) in [5.41, 5.74) is 7.58. The number of carbonyl (C=O) groups is 4. The van der Waals surface area contributed by atoms with Crippen LogP contribution in [0.5, 0.6) is 0 Å². The smallest absolute Gasteiger partial charge is 0.309 e. The molecule has 3 rings (SSSR count). The van der Waals surface area contributed by atoms with E-state index in [0.29, 0.717) is 42.7 Å². The molecule has 168 valence electrons. The summed E-state index contributed by atoms with van der Waals surface area (Å²) in [6.07, 6.45) is -0.0106. The number of hydrogen-bond donors (Lipinski definition) is 2. The maximum Gasteiger partial charge on any atom is 0.309 e. The predicted molar refractivity (Wildman–Crippen MR) is 119 cm³/mol. The van der Waals surface area contributed by atoms with Crippen molar-refractivity contribution in [3.63, 3.8) is 0 Å². The SMILES string of the molecule is Cc1ccccc1C(=O)N1CCC(C(=O)OC(C)C(=O)Nc2ccc(C(N)=O)cc2)CC1. The van der Waals surface area contributed by atoms with Crippen molar-refractivity contribution in [2.45, 2.75) is 32.8 Å². The van der Waals surface area contributed by atoms with E-state index in [1.807, 2.05) is 25.1 Å². The van der Waals surface area contributed by atoms with Crippen molar-refractivity contribution in [2.75, 3.05) is 18.4 Å². The predicted octanol–water partition coefficient (Wildman–Crippen LogP) is 2.52. The molecule has 8 nitrogen and oxygen atoms in total. The molecule has 1 atom stereocenters. The molecule has 1 aliphatic heterocycles. The molecule has 0 radical (unpaired) electrons. The quantitative estimate of drug-likeness (QED) is 0.673. The monoisotopic (exact) mass is 437 g/mol. The van der Waals surface area contributed by atoms with Crippen LogP contribution in [0, 0.1) is 12.8 Å². The molecule has 2 aromatic rings. The second-order valence-corrected chi connectivity index (χ2v) is 7.89. The van der Waals surface area contributed by atoms with Crippen molar-refractivity contribution in [3.8, 4) is 0 Å². The average Bonchev–Trinajstić information content (AvgIpc) is 2.79. The number of nitrogens with zero attached hydrogens (tertiary/aromatic N) is 1. The van der Waals surface area contributed by atoms with E-state index in [1.54, 1.807) is 23.1 Å². The van der Waals surface area contributed by atoms with Crippen LogP contribution < -0.4 is 11.1 Å². The van der Waals surface area contributed by atoms with Crippen LogP contribution in [0.2, 0.25) is 0 Å². The Balaban J connectivity index is 1.48. The lowest BCUT2D eigenvalue weighted by molar-refractivity contribution is -0.158. The second-order valence-electron chi connectivity index (χ2n) is 7.89. The Bertz CT molecular complexity index is 1010. The standard InChI is InChI=1S/C24H27N3O5/c1-15-5-3-4-6-20(15)23(30)27-13-11-18(12-14-27)24(31)32-16(2)22(29)26-19-9-7-17(8-10-19)21(25)28/h3-10,16,18H,11-14H2,1-2H3,(H2,25,28)(H,26,29). The van der Waals surface area contributed by atoms with Crippen LogP contribution in [0.15, 0.2) is 48.5 Å². The molecule has 8 heteroatoms. The van der Waals surface area contributed by atoms with Gasteiger partial charge in [0, 0.05) is 29.9 Å². The van der Waals surface area contributed by atoms with Crippen LogP contribution in [0.4, 0.5) is 5.69 Å². The van der Waals surface area contributed by atoms with Crippen LogP contribution >= 0.6 is 0 Å². The molecule has 0 aromatic heterocycles. The number of esters is 1. The fourth-order valence-corrected chi connectivity index (χ4v) is 3.59. The highest BCUT2D eigenvalue weighted by atomic mass is 16.5. The number of amides is 3. The molecule has 0 spiro atoms. The van der Waals surface area contributed by atoms with Crippen LogP contribution in [0.25, 0.3) is 0 Å². The molecule has 1 aliphatic rings. The number of nitrogens with one attached hydrogen (secondary N) is 1. The summed E-state index contributed by atoms with van der Waals surface area (Å²) in [6.45, 7) is 4.32. The molecule has 3 N–H and O–H groups in total. The van der Waals surface area contributed by atoms with Gasteiger partial charge in [0.2, 0.25) is 5.91 Å². The lowest BCUT2D eigenvalue weighted by Gasteiger charge is -2.31. The molecule has 1 unspecified atom stereocenters. The molecule has 0 aliphatic carbocycles. The van der Waals surface area contributed by atoms with E-state index in [0.717, 1.165) is 5.56 Å². The van der Waals surface area contributed by atoms with Gasteiger partial charge in [-0.25, -0.2) is 0 Å². The Hall–Kier alpha value is -3.68. The molecule has 2 aromatic carbocycles. The van der Waals surface area contributed by atoms with Gasteiger partial charge >= 0.3 is 5.97 Å². The van der Waals surface area contributed by atoms with Crippen LogP contribution in [0.1, 0.15) is 46.0 Å². The van der Waals surface area contributed by atoms with E-state index >= 15 is 0 Å². The Kier molecular flexibility index (Phi) is 7.25. The number of piperidine rings is 1. The number of ether oxygens (including phenoxy) is 1. The molecular formula is C24H27N3O5. The van der Waals surface area contributed by atoms with Gasteiger partial charge in [0.15, 0.2) is 6.10 Å². The number of anilines is 1. The minimum absolute atomic E-state index is 0.0370. The van der Waals surface area contributed by atoms with Crippen molar-refractivity contribution in [2.24, 2.45) is 11.7 Å². The van der Waals surface area contributed by atoms with E-state index in [2.05, 4.69) is 5.32 Å². The van der Waals surface area contributed by atoms with Crippen molar-refractivity contribution in [3.05, 3.63) is 65.2 Å². The van der Waals surface area contributed by atoms with E-state index in [1.165, 1.54) is 19.1 Å². The molecule has 1 heterocycles. The fourth-order valence-electron chi connectivity index (χ4n) is 3.59. The molecule has 3 amide bonds. The maximum atomic E-state index is 12.7. The minimum atomic E-state index is -0.982. The van der Waals surface area contributed by atoms with E-state index < -0.39 is 23.9 Å². The second kappa shape index (κ2) is 10.1. The number of benzene rings is 2. The number of carbonyl (C=O) groups excluding carboxylic acids is 4. The highest BCUT2D eigenvalue weighted by Crippen LogP contribution is 2.22. The van der Waals surface area contributed by atoms with Crippen molar-refractivity contribution in [1.29, 1.82) is 0 Å². The summed E-state index contributed by atoms with van der Waals surface area (Å²) in [5, 5.41) is 2.64. The van der Waals surface area contributed by atoms with Gasteiger partial charge in [0.05, 0.1) is 5.92 Å². The first-order valence-corrected chi connectivity index (χ1v) is 10.5. The lowest BCUT2D eigenvalue weighted by Crippen LogP contribution is -2.42. The number of aryl methyl sites for hydroxylation is 1. The lowest BCUT2D eigenvalue weighted by atomic mass is 9.96. The first-order chi connectivity index (χ1) is 15.3. The van der Waals surface area contributed by atoms with Gasteiger partial charge in [0.1, 0.15) is 0 Å². The summed E-state index contributed by atoms with van der Waals surface area (Å²) in [6, 6.07) is 13.5. The normalized spacial score (nSPS) is 15.0. The number of hydrogen-bond acceptors (Lipinski definition) is 5. The largest absolute Gasteiger partial charge is 0.452 e. The third-order valence-electron chi connectivity index (χ3n) is 5.59. The summed E-state index contributed by atoms with van der Waals surface area (Å²) in [7, 11) is 0. The van der Waals surface area contributed by atoms with Gasteiger partial charge in [-0.05, 0) is 62.6 Å². The Morgan fingerprint density at radius 2 is 1.66 bits per heavy atom. The van der Waals surface area contributed by atoms with Gasteiger partial charge in [-0.15, -0.1) is 0 Å². The van der Waals surface area contributed by atoms with Crippen molar-refractivity contribution in [1.82, 2.24) is 4.90 Å². The van der Waals surface area contributed by atoms with E-state index in [9.17, 15) is 19.2 Å². The van der Waals surface area contributed by atoms with Gasteiger partial charge in [-0.1, -0.05) is 18.2 Å². The van der Waals surface area contributed by atoms with Crippen LogP contribution in [-0.4, -0.2) is 47.8 Å².